The Morgan fingerprint density at radius 1 is 1.20 bits per heavy atom. The summed E-state index contributed by atoms with van der Waals surface area (Å²) in [5.74, 6) is 0.212. The molecule has 20 heavy (non-hydrogen) atoms. The van der Waals surface area contributed by atoms with Crippen LogP contribution >= 0.6 is 0 Å². The Bertz CT molecular complexity index is 490. The van der Waals surface area contributed by atoms with Gasteiger partial charge >= 0.3 is 0 Å². The second kappa shape index (κ2) is 5.55. The lowest BCUT2D eigenvalue weighted by molar-refractivity contribution is -0.126. The van der Waals surface area contributed by atoms with Crippen molar-refractivity contribution < 1.29 is 9.18 Å². The molecule has 1 aromatic rings. The molecule has 0 aromatic heterocycles. The third kappa shape index (κ3) is 2.72. The van der Waals surface area contributed by atoms with Crippen molar-refractivity contribution in [2.24, 2.45) is 5.92 Å². The summed E-state index contributed by atoms with van der Waals surface area (Å²) in [4.78, 5) is 12.2. The van der Waals surface area contributed by atoms with Crippen molar-refractivity contribution in [1.29, 1.82) is 0 Å². The molecule has 2 aliphatic rings. The maximum atomic E-state index is 13.9. The van der Waals surface area contributed by atoms with Crippen molar-refractivity contribution in [2.45, 2.75) is 50.4 Å². The van der Waals surface area contributed by atoms with Gasteiger partial charge < -0.3 is 5.32 Å². The molecule has 2 nitrogen and oxygen atoms in total. The minimum absolute atomic E-state index is 0.142. The molecule has 0 spiro atoms. The van der Waals surface area contributed by atoms with Gasteiger partial charge in [-0.25, -0.2) is 4.39 Å². The molecule has 0 radical (unpaired) electrons. The van der Waals surface area contributed by atoms with Crippen molar-refractivity contribution in [2.75, 3.05) is 6.54 Å². The van der Waals surface area contributed by atoms with Crippen molar-refractivity contribution in [1.82, 2.24) is 5.32 Å². The van der Waals surface area contributed by atoms with Gasteiger partial charge in [-0.1, -0.05) is 37.5 Å². The Kier molecular flexibility index (Phi) is 3.77. The standard InChI is InChI=1S/C17H22FNO/c18-15-9-5-4-8-14(15)17(10-11-17)12-19-16(20)13-6-2-1-3-7-13/h4-5,8-9,13H,1-3,6-7,10-12H2,(H,19,20). The highest BCUT2D eigenvalue weighted by Crippen LogP contribution is 2.48. The number of nitrogens with one attached hydrogen (secondary N) is 1. The van der Waals surface area contributed by atoms with Crippen LogP contribution in [0.2, 0.25) is 0 Å². The summed E-state index contributed by atoms with van der Waals surface area (Å²) in [7, 11) is 0. The minimum atomic E-state index is -0.143. The maximum absolute atomic E-state index is 13.9. The molecule has 1 amide bonds. The predicted octanol–water partition coefficient (Wildman–Crippen LogP) is 3.55. The summed E-state index contributed by atoms with van der Waals surface area (Å²) < 4.78 is 13.9. The van der Waals surface area contributed by atoms with E-state index in [1.807, 2.05) is 12.1 Å². The molecule has 1 N–H and O–H groups in total. The van der Waals surface area contributed by atoms with Gasteiger partial charge in [-0.3, -0.25) is 4.79 Å². The Morgan fingerprint density at radius 3 is 2.55 bits per heavy atom. The first-order valence-electron chi connectivity index (χ1n) is 7.74. The van der Waals surface area contributed by atoms with E-state index in [-0.39, 0.29) is 23.1 Å². The Hall–Kier alpha value is -1.38. The number of amides is 1. The van der Waals surface area contributed by atoms with Crippen LogP contribution in [0, 0.1) is 11.7 Å². The van der Waals surface area contributed by atoms with E-state index in [0.717, 1.165) is 44.1 Å². The molecule has 0 saturated heterocycles. The largest absolute Gasteiger partial charge is 0.355 e. The normalized spacial score (nSPS) is 21.4. The molecule has 0 bridgehead atoms. The van der Waals surface area contributed by atoms with Gasteiger partial charge in [0.2, 0.25) is 5.91 Å². The molecule has 108 valence electrons. The zero-order chi connectivity index (χ0) is 14.0. The van der Waals surface area contributed by atoms with E-state index in [1.165, 1.54) is 12.5 Å². The Morgan fingerprint density at radius 2 is 1.90 bits per heavy atom. The summed E-state index contributed by atoms with van der Waals surface area (Å²) in [6.45, 7) is 0.587. The van der Waals surface area contributed by atoms with Crippen molar-refractivity contribution in [3.05, 3.63) is 35.6 Å². The van der Waals surface area contributed by atoms with E-state index in [0.29, 0.717) is 6.54 Å². The predicted molar refractivity (Wildman–Crippen MR) is 76.9 cm³/mol. The number of carbonyl (C=O) groups is 1. The highest BCUT2D eigenvalue weighted by Gasteiger charge is 2.46. The van der Waals surface area contributed by atoms with Crippen LogP contribution in [0.25, 0.3) is 0 Å². The SMILES string of the molecule is O=C(NCC1(c2ccccc2F)CC1)C1CCCCC1. The van der Waals surface area contributed by atoms with E-state index in [1.54, 1.807) is 6.07 Å². The molecule has 2 aliphatic carbocycles. The molecule has 0 atom stereocenters. The minimum Gasteiger partial charge on any atom is -0.355 e. The van der Waals surface area contributed by atoms with Crippen molar-refractivity contribution in [3.63, 3.8) is 0 Å². The van der Waals surface area contributed by atoms with Crippen LogP contribution in [0.3, 0.4) is 0 Å². The van der Waals surface area contributed by atoms with Crippen molar-refractivity contribution in [3.8, 4) is 0 Å². The average molecular weight is 275 g/mol. The van der Waals surface area contributed by atoms with E-state index < -0.39 is 0 Å². The van der Waals surface area contributed by atoms with Crippen molar-refractivity contribution >= 4 is 5.91 Å². The second-order valence-corrected chi connectivity index (χ2v) is 6.31. The lowest BCUT2D eigenvalue weighted by atomic mass is 9.88. The molecule has 0 unspecified atom stereocenters. The summed E-state index contributed by atoms with van der Waals surface area (Å²) in [5, 5.41) is 3.08. The van der Waals surface area contributed by atoms with Crippen LogP contribution in [0.15, 0.2) is 24.3 Å². The monoisotopic (exact) mass is 275 g/mol. The first kappa shape index (κ1) is 13.6. The van der Waals surface area contributed by atoms with Crippen LogP contribution in [0.1, 0.15) is 50.5 Å². The molecule has 3 rings (SSSR count). The number of hydrogen-bond donors (Lipinski definition) is 1. The summed E-state index contributed by atoms with van der Waals surface area (Å²) in [5.41, 5.74) is 0.624. The van der Waals surface area contributed by atoms with Gasteiger partial charge in [-0.2, -0.15) is 0 Å². The van der Waals surface area contributed by atoms with E-state index in [4.69, 9.17) is 0 Å². The topological polar surface area (TPSA) is 29.1 Å². The zero-order valence-electron chi connectivity index (χ0n) is 11.8. The fourth-order valence-corrected chi connectivity index (χ4v) is 3.35. The van der Waals surface area contributed by atoms with E-state index in [2.05, 4.69) is 5.32 Å². The highest BCUT2D eigenvalue weighted by molar-refractivity contribution is 5.78. The van der Waals surface area contributed by atoms with Crippen LogP contribution in [-0.4, -0.2) is 12.5 Å². The fraction of sp³-hybridized carbons (Fsp3) is 0.588. The summed E-state index contributed by atoms with van der Waals surface area (Å²) in [6, 6.07) is 6.96. The number of hydrogen-bond acceptors (Lipinski definition) is 1. The first-order chi connectivity index (χ1) is 9.71. The fourth-order valence-electron chi connectivity index (χ4n) is 3.35. The second-order valence-electron chi connectivity index (χ2n) is 6.31. The average Bonchev–Trinajstić information content (AvgIpc) is 3.27. The van der Waals surface area contributed by atoms with Gasteiger partial charge in [-0.05, 0) is 37.3 Å². The highest BCUT2D eigenvalue weighted by atomic mass is 19.1. The quantitative estimate of drug-likeness (QED) is 0.894. The number of carbonyl (C=O) groups excluding carboxylic acids is 1. The molecular formula is C17H22FNO. The molecule has 2 fully saturated rings. The van der Waals surface area contributed by atoms with Gasteiger partial charge in [0, 0.05) is 17.9 Å². The van der Waals surface area contributed by atoms with Gasteiger partial charge in [-0.15, -0.1) is 0 Å². The molecule has 0 heterocycles. The molecule has 2 saturated carbocycles. The number of halogens is 1. The Balaban J connectivity index is 1.60. The molecule has 3 heteroatoms. The van der Waals surface area contributed by atoms with Gasteiger partial charge in [0.05, 0.1) is 0 Å². The summed E-state index contributed by atoms with van der Waals surface area (Å²) >= 11 is 0. The summed E-state index contributed by atoms with van der Waals surface area (Å²) in [6.07, 6.45) is 7.55. The van der Waals surface area contributed by atoms with Crippen LogP contribution in [0.4, 0.5) is 4.39 Å². The zero-order valence-corrected chi connectivity index (χ0v) is 11.8. The van der Waals surface area contributed by atoms with E-state index in [9.17, 15) is 9.18 Å². The van der Waals surface area contributed by atoms with Crippen LogP contribution < -0.4 is 5.32 Å². The molecular weight excluding hydrogens is 253 g/mol. The maximum Gasteiger partial charge on any atom is 0.223 e. The Labute approximate surface area is 119 Å². The lowest BCUT2D eigenvalue weighted by Gasteiger charge is -2.23. The van der Waals surface area contributed by atoms with Gasteiger partial charge in [0.25, 0.3) is 0 Å². The van der Waals surface area contributed by atoms with Crippen LogP contribution in [0.5, 0.6) is 0 Å². The van der Waals surface area contributed by atoms with Gasteiger partial charge in [0.1, 0.15) is 5.82 Å². The third-order valence-corrected chi connectivity index (χ3v) is 4.88. The third-order valence-electron chi connectivity index (χ3n) is 4.88. The van der Waals surface area contributed by atoms with Crippen LogP contribution in [-0.2, 0) is 10.2 Å². The first-order valence-corrected chi connectivity index (χ1v) is 7.74. The molecule has 0 aliphatic heterocycles. The smallest absolute Gasteiger partial charge is 0.223 e. The van der Waals surface area contributed by atoms with Gasteiger partial charge in [0.15, 0.2) is 0 Å². The molecule has 1 aromatic carbocycles. The van der Waals surface area contributed by atoms with E-state index >= 15 is 0 Å². The number of rotatable bonds is 4. The lowest BCUT2D eigenvalue weighted by Crippen LogP contribution is -2.37. The number of benzene rings is 1.